The number of fused-ring (bicyclic) bond motifs is 3. The van der Waals surface area contributed by atoms with Crippen LogP contribution in [-0.2, 0) is 6.42 Å². The summed E-state index contributed by atoms with van der Waals surface area (Å²) in [6.45, 7) is 1.73. The fourth-order valence-corrected chi connectivity index (χ4v) is 4.41. The first-order chi connectivity index (χ1) is 15.9. The molecule has 0 bridgehead atoms. The fraction of sp³-hybridized carbons (Fsp3) is 0.478. The highest BCUT2D eigenvalue weighted by Crippen LogP contribution is 2.41. The van der Waals surface area contributed by atoms with Crippen LogP contribution in [0.4, 0.5) is 17.6 Å². The highest BCUT2D eigenvalue weighted by molar-refractivity contribution is 5.85. The Hall–Kier alpha value is -2.72. The third kappa shape index (κ3) is 5.44. The van der Waals surface area contributed by atoms with Crippen LogP contribution in [0, 0.1) is 0 Å². The zero-order valence-electron chi connectivity index (χ0n) is 18.3. The van der Waals surface area contributed by atoms with Crippen LogP contribution in [-0.4, -0.2) is 65.0 Å². The van der Waals surface area contributed by atoms with Crippen LogP contribution in [0.15, 0.2) is 36.7 Å². The minimum atomic E-state index is -4.35. The van der Waals surface area contributed by atoms with E-state index in [-0.39, 0.29) is 18.6 Å². The Balaban J connectivity index is 1.64. The highest BCUT2D eigenvalue weighted by Gasteiger charge is 2.42. The van der Waals surface area contributed by atoms with Crippen LogP contribution in [0.1, 0.15) is 36.3 Å². The van der Waals surface area contributed by atoms with Gasteiger partial charge in [0, 0.05) is 35.2 Å². The summed E-state index contributed by atoms with van der Waals surface area (Å²) in [5.74, 6) is 0.287. The van der Waals surface area contributed by atoms with E-state index >= 15 is 0 Å². The van der Waals surface area contributed by atoms with Gasteiger partial charge in [-0.15, -0.1) is 0 Å². The molecule has 3 heterocycles. The summed E-state index contributed by atoms with van der Waals surface area (Å²) >= 11 is 0. The average molecular weight is 465 g/mol. The molecule has 1 aromatic carbocycles. The molecule has 2 atom stereocenters. The maximum Gasteiger partial charge on any atom is 0.401 e. The number of nitrogens with zero attached hydrogens (tertiary/aromatic N) is 3. The predicted molar refractivity (Wildman–Crippen MR) is 117 cm³/mol. The Morgan fingerprint density at radius 2 is 2.03 bits per heavy atom. The van der Waals surface area contributed by atoms with Crippen LogP contribution in [0.2, 0.25) is 0 Å². The number of halogens is 4. The molecule has 0 amide bonds. The highest BCUT2D eigenvalue weighted by atomic mass is 19.4. The molecule has 0 aliphatic carbocycles. The SMILES string of the molecule is C[C@@H]1Cc2c([nH]c3ccccc23)C(c2cc(OCCNCCCF)ncn2)N1CC(F)(F)F. The summed E-state index contributed by atoms with van der Waals surface area (Å²) in [4.78, 5) is 13.2. The van der Waals surface area contributed by atoms with Gasteiger partial charge in [-0.05, 0) is 37.9 Å². The van der Waals surface area contributed by atoms with Crippen molar-refractivity contribution in [3.8, 4) is 5.88 Å². The quantitative estimate of drug-likeness (QED) is 0.367. The van der Waals surface area contributed by atoms with Crippen molar-refractivity contribution in [1.82, 2.24) is 25.2 Å². The van der Waals surface area contributed by atoms with Gasteiger partial charge in [0.05, 0.1) is 25.0 Å². The molecule has 178 valence electrons. The van der Waals surface area contributed by atoms with Crippen LogP contribution in [0.3, 0.4) is 0 Å². The van der Waals surface area contributed by atoms with Gasteiger partial charge in [0.1, 0.15) is 12.9 Å². The van der Waals surface area contributed by atoms with Crippen LogP contribution in [0.25, 0.3) is 10.9 Å². The topological polar surface area (TPSA) is 66.1 Å². The van der Waals surface area contributed by atoms with Gasteiger partial charge >= 0.3 is 6.18 Å². The molecule has 0 spiro atoms. The van der Waals surface area contributed by atoms with Gasteiger partial charge in [0.25, 0.3) is 0 Å². The Morgan fingerprint density at radius 1 is 1.21 bits per heavy atom. The zero-order valence-corrected chi connectivity index (χ0v) is 18.3. The minimum Gasteiger partial charge on any atom is -0.476 e. The third-order valence-electron chi connectivity index (χ3n) is 5.84. The molecule has 3 aromatic rings. The maximum atomic E-state index is 13.5. The van der Waals surface area contributed by atoms with Gasteiger partial charge in [0.2, 0.25) is 5.88 Å². The molecule has 1 unspecified atom stereocenters. The van der Waals surface area contributed by atoms with Gasteiger partial charge in [-0.1, -0.05) is 18.2 Å². The second-order valence-electron chi connectivity index (χ2n) is 8.23. The minimum absolute atomic E-state index is 0.287. The number of H-pyrrole nitrogens is 1. The molecular weight excluding hydrogens is 438 g/mol. The number of para-hydroxylation sites is 1. The van der Waals surface area contributed by atoms with Crippen LogP contribution in [0.5, 0.6) is 5.88 Å². The molecule has 2 N–H and O–H groups in total. The first kappa shape index (κ1) is 23.4. The lowest BCUT2D eigenvalue weighted by Crippen LogP contribution is -2.47. The lowest BCUT2D eigenvalue weighted by Gasteiger charge is -2.40. The van der Waals surface area contributed by atoms with E-state index in [1.165, 1.54) is 11.2 Å². The second-order valence-corrected chi connectivity index (χ2v) is 8.23. The number of rotatable bonds is 9. The molecule has 0 saturated heterocycles. The van der Waals surface area contributed by atoms with E-state index < -0.39 is 18.8 Å². The van der Waals surface area contributed by atoms with Crippen molar-refractivity contribution in [1.29, 1.82) is 0 Å². The molecule has 0 saturated carbocycles. The standard InChI is InChI=1S/C23H27F4N5O/c1-15-11-17-16-5-2-3-6-18(16)31-21(17)22(32(15)13-23(25,26)27)19-12-20(30-14-29-19)33-10-9-28-8-4-7-24/h2-3,5-6,12,14-15,22,28,31H,4,7-11,13H2,1H3/t15-,22?/m1/s1. The largest absolute Gasteiger partial charge is 0.476 e. The van der Waals surface area contributed by atoms with Crippen molar-refractivity contribution in [2.75, 3.05) is 32.9 Å². The zero-order chi connectivity index (χ0) is 23.4. The van der Waals surface area contributed by atoms with E-state index in [1.54, 1.807) is 6.07 Å². The van der Waals surface area contributed by atoms with E-state index in [2.05, 4.69) is 20.3 Å². The third-order valence-corrected chi connectivity index (χ3v) is 5.84. The Kier molecular flexibility index (Phi) is 7.14. The predicted octanol–water partition coefficient (Wildman–Crippen LogP) is 4.18. The Bertz CT molecular complexity index is 1070. The van der Waals surface area contributed by atoms with Crippen molar-refractivity contribution in [3.05, 3.63) is 53.6 Å². The number of nitrogens with one attached hydrogen (secondary N) is 2. The molecule has 33 heavy (non-hydrogen) atoms. The Morgan fingerprint density at radius 3 is 2.82 bits per heavy atom. The molecule has 1 aliphatic heterocycles. The molecule has 10 heteroatoms. The molecule has 0 fully saturated rings. The first-order valence-corrected chi connectivity index (χ1v) is 11.0. The monoisotopic (exact) mass is 465 g/mol. The lowest BCUT2D eigenvalue weighted by atomic mass is 9.90. The van der Waals surface area contributed by atoms with Gasteiger partial charge < -0.3 is 15.0 Å². The first-order valence-electron chi connectivity index (χ1n) is 11.0. The van der Waals surface area contributed by atoms with Crippen LogP contribution < -0.4 is 10.1 Å². The van der Waals surface area contributed by atoms with Gasteiger partial charge in [-0.3, -0.25) is 9.29 Å². The van der Waals surface area contributed by atoms with Crippen molar-refractivity contribution in [2.24, 2.45) is 0 Å². The molecule has 0 radical (unpaired) electrons. The second kappa shape index (κ2) is 10.0. The molecular formula is C23H27F4N5O. The molecule has 1 aliphatic rings. The van der Waals surface area contributed by atoms with Gasteiger partial charge in [-0.25, -0.2) is 9.97 Å². The molecule has 6 nitrogen and oxygen atoms in total. The number of aromatic amines is 1. The number of hydrogen-bond acceptors (Lipinski definition) is 5. The smallest absolute Gasteiger partial charge is 0.401 e. The normalized spacial score (nSPS) is 19.1. The van der Waals surface area contributed by atoms with Gasteiger partial charge in [-0.2, -0.15) is 13.2 Å². The van der Waals surface area contributed by atoms with E-state index in [0.717, 1.165) is 22.2 Å². The number of hydrogen-bond donors (Lipinski definition) is 2. The summed E-state index contributed by atoms with van der Waals surface area (Å²) < 4.78 is 58.4. The summed E-state index contributed by atoms with van der Waals surface area (Å²) in [6.07, 6.45) is -2.10. The van der Waals surface area contributed by atoms with E-state index in [4.69, 9.17) is 4.74 Å². The fourth-order valence-electron chi connectivity index (χ4n) is 4.41. The number of alkyl halides is 4. The summed E-state index contributed by atoms with van der Waals surface area (Å²) in [7, 11) is 0. The van der Waals surface area contributed by atoms with Crippen LogP contribution >= 0.6 is 0 Å². The molecule has 4 rings (SSSR count). The molecule has 2 aromatic heterocycles. The number of benzene rings is 1. The van der Waals surface area contributed by atoms with E-state index in [1.807, 2.05) is 31.2 Å². The number of ether oxygens (including phenoxy) is 1. The van der Waals surface area contributed by atoms with E-state index in [9.17, 15) is 17.6 Å². The summed E-state index contributed by atoms with van der Waals surface area (Å²) in [5, 5.41) is 4.07. The van der Waals surface area contributed by atoms with Crippen molar-refractivity contribution >= 4 is 10.9 Å². The lowest BCUT2D eigenvalue weighted by molar-refractivity contribution is -0.155. The average Bonchev–Trinajstić information content (AvgIpc) is 3.14. The maximum absolute atomic E-state index is 13.5. The summed E-state index contributed by atoms with van der Waals surface area (Å²) in [6, 6.07) is 8.27. The summed E-state index contributed by atoms with van der Waals surface area (Å²) in [5.41, 5.74) is 3.06. The van der Waals surface area contributed by atoms with Gasteiger partial charge in [0.15, 0.2) is 0 Å². The van der Waals surface area contributed by atoms with Crippen molar-refractivity contribution < 1.29 is 22.3 Å². The van der Waals surface area contributed by atoms with Crippen molar-refractivity contribution in [3.63, 3.8) is 0 Å². The van der Waals surface area contributed by atoms with E-state index in [0.29, 0.717) is 38.2 Å². The number of aromatic nitrogens is 3. The Labute approximate surface area is 189 Å². The van der Waals surface area contributed by atoms with Crippen molar-refractivity contribution in [2.45, 2.75) is 38.0 Å².